The molecule has 5 nitrogen and oxygen atoms in total. The maximum Gasteiger partial charge on any atom is 0.387 e. The Morgan fingerprint density at radius 2 is 1.70 bits per heavy atom. The van der Waals surface area contributed by atoms with Crippen LogP contribution in [0.1, 0.15) is 0 Å². The lowest BCUT2D eigenvalue weighted by Crippen LogP contribution is -2.50. The first kappa shape index (κ1) is 17.3. The number of nitrogens with zero attached hydrogens (tertiary/aromatic N) is 2. The van der Waals surface area contributed by atoms with Gasteiger partial charge in [0.05, 0.1) is 6.54 Å². The van der Waals surface area contributed by atoms with Gasteiger partial charge in [-0.25, -0.2) is 13.6 Å². The predicted octanol–water partition coefficient (Wildman–Crippen LogP) is 2.70. The summed E-state index contributed by atoms with van der Waals surface area (Å²) in [5.74, 6) is -0.00128. The summed E-state index contributed by atoms with van der Waals surface area (Å²) in [4.78, 5) is 15.2. The molecule has 1 aromatic carbocycles. The summed E-state index contributed by atoms with van der Waals surface area (Å²) in [6.07, 6.45) is -2.38. The van der Waals surface area contributed by atoms with E-state index in [0.717, 1.165) is 0 Å². The molecule has 0 aliphatic carbocycles. The number of alkyl halides is 4. The molecule has 1 aliphatic rings. The molecule has 1 N–H and O–H groups in total. The van der Waals surface area contributed by atoms with Crippen LogP contribution in [-0.2, 0) is 0 Å². The molecule has 1 saturated heterocycles. The first-order valence-electron chi connectivity index (χ1n) is 7.05. The molecule has 1 heterocycles. The van der Waals surface area contributed by atoms with Crippen molar-refractivity contribution < 1.29 is 27.1 Å². The lowest BCUT2D eigenvalue weighted by molar-refractivity contribution is -0.0498. The molecule has 0 saturated carbocycles. The van der Waals surface area contributed by atoms with Crippen molar-refractivity contribution >= 4 is 11.7 Å². The van der Waals surface area contributed by atoms with Crippen LogP contribution in [-0.4, -0.2) is 61.6 Å². The average Bonchev–Trinajstić information content (AvgIpc) is 2.49. The van der Waals surface area contributed by atoms with Crippen LogP contribution in [0.5, 0.6) is 5.75 Å². The molecule has 2 amide bonds. The second-order valence-electron chi connectivity index (χ2n) is 5.01. The molecule has 2 rings (SSSR count). The van der Waals surface area contributed by atoms with Gasteiger partial charge in [-0.15, -0.1) is 0 Å². The fraction of sp³-hybridized carbons (Fsp3) is 0.500. The van der Waals surface area contributed by atoms with Gasteiger partial charge in [0, 0.05) is 31.9 Å². The SMILES string of the molecule is O=C(Nc1ccc(OC(F)F)cc1)N1CCN(CC(F)F)CC1. The Morgan fingerprint density at radius 3 is 2.22 bits per heavy atom. The van der Waals surface area contributed by atoms with Crippen LogP contribution in [0.25, 0.3) is 0 Å². The van der Waals surface area contributed by atoms with E-state index in [9.17, 15) is 22.4 Å². The topological polar surface area (TPSA) is 44.8 Å². The van der Waals surface area contributed by atoms with Crippen molar-refractivity contribution in [2.75, 3.05) is 38.0 Å². The summed E-state index contributed by atoms with van der Waals surface area (Å²) < 4.78 is 52.8. The second kappa shape index (κ2) is 8.00. The van der Waals surface area contributed by atoms with Crippen LogP contribution < -0.4 is 10.1 Å². The number of amides is 2. The van der Waals surface area contributed by atoms with Crippen molar-refractivity contribution in [2.24, 2.45) is 0 Å². The number of anilines is 1. The van der Waals surface area contributed by atoms with E-state index in [1.807, 2.05) is 0 Å². The molecule has 23 heavy (non-hydrogen) atoms. The summed E-state index contributed by atoms with van der Waals surface area (Å²) in [7, 11) is 0. The van der Waals surface area contributed by atoms with Gasteiger partial charge in [0.1, 0.15) is 5.75 Å². The fourth-order valence-electron chi connectivity index (χ4n) is 2.25. The van der Waals surface area contributed by atoms with Gasteiger partial charge in [0.25, 0.3) is 6.43 Å². The third-order valence-corrected chi connectivity index (χ3v) is 3.39. The van der Waals surface area contributed by atoms with E-state index in [-0.39, 0.29) is 18.3 Å². The standard InChI is InChI=1S/C14H17F4N3O2/c15-12(16)9-20-5-7-21(8-6-20)14(22)19-10-1-3-11(4-2-10)23-13(17)18/h1-4,12-13H,5-9H2,(H,19,22). The molecule has 0 aromatic heterocycles. The molecular weight excluding hydrogens is 318 g/mol. The maximum atomic E-state index is 12.3. The van der Waals surface area contributed by atoms with Crippen molar-refractivity contribution in [3.8, 4) is 5.75 Å². The zero-order valence-electron chi connectivity index (χ0n) is 12.2. The first-order chi connectivity index (χ1) is 10.9. The Labute approximate surface area is 130 Å². The van der Waals surface area contributed by atoms with Crippen molar-refractivity contribution in [3.63, 3.8) is 0 Å². The summed E-state index contributed by atoms with van der Waals surface area (Å²) in [5, 5.41) is 2.63. The number of nitrogens with one attached hydrogen (secondary N) is 1. The summed E-state index contributed by atoms with van der Waals surface area (Å²) in [5.41, 5.74) is 0.437. The fourth-order valence-corrected chi connectivity index (χ4v) is 2.25. The normalized spacial score (nSPS) is 16.0. The van der Waals surface area contributed by atoms with Crippen LogP contribution in [0.4, 0.5) is 28.0 Å². The lowest BCUT2D eigenvalue weighted by Gasteiger charge is -2.34. The van der Waals surface area contributed by atoms with Crippen molar-refractivity contribution in [1.82, 2.24) is 9.80 Å². The Morgan fingerprint density at radius 1 is 1.09 bits per heavy atom. The highest BCUT2D eigenvalue weighted by atomic mass is 19.3. The minimum Gasteiger partial charge on any atom is -0.435 e. The number of carbonyl (C=O) groups excluding carboxylic acids is 1. The van der Waals surface area contributed by atoms with Crippen LogP contribution in [0.3, 0.4) is 0 Å². The van der Waals surface area contributed by atoms with Crippen LogP contribution in [0.2, 0.25) is 0 Å². The van der Waals surface area contributed by atoms with Gasteiger partial charge in [-0.05, 0) is 24.3 Å². The molecule has 0 unspecified atom stereocenters. The number of rotatable bonds is 5. The van der Waals surface area contributed by atoms with Crippen molar-refractivity contribution in [1.29, 1.82) is 0 Å². The number of carbonyl (C=O) groups is 1. The van der Waals surface area contributed by atoms with E-state index in [1.165, 1.54) is 29.2 Å². The number of ether oxygens (including phenoxy) is 1. The third kappa shape index (κ3) is 5.59. The molecule has 1 fully saturated rings. The summed E-state index contributed by atoms with van der Waals surface area (Å²) >= 11 is 0. The second-order valence-corrected chi connectivity index (χ2v) is 5.01. The Balaban J connectivity index is 1.81. The molecule has 0 radical (unpaired) electrons. The minimum absolute atomic E-state index is 0.00128. The van der Waals surface area contributed by atoms with E-state index in [4.69, 9.17) is 0 Å². The minimum atomic E-state index is -2.90. The van der Waals surface area contributed by atoms with E-state index in [1.54, 1.807) is 4.90 Å². The highest BCUT2D eigenvalue weighted by molar-refractivity contribution is 5.89. The van der Waals surface area contributed by atoms with Crippen molar-refractivity contribution in [2.45, 2.75) is 13.0 Å². The zero-order chi connectivity index (χ0) is 16.8. The van der Waals surface area contributed by atoms with E-state index in [2.05, 4.69) is 10.1 Å². The molecule has 9 heteroatoms. The molecule has 0 spiro atoms. The largest absolute Gasteiger partial charge is 0.435 e. The monoisotopic (exact) mass is 335 g/mol. The number of hydrogen-bond donors (Lipinski definition) is 1. The molecule has 1 aromatic rings. The Hall–Kier alpha value is -2.03. The first-order valence-corrected chi connectivity index (χ1v) is 7.05. The number of halogens is 4. The third-order valence-electron chi connectivity index (χ3n) is 3.39. The molecule has 0 bridgehead atoms. The summed E-state index contributed by atoms with van der Waals surface area (Å²) in [6.45, 7) is -1.71. The quantitative estimate of drug-likeness (QED) is 0.842. The Kier molecular flexibility index (Phi) is 6.03. The van der Waals surface area contributed by atoms with Crippen LogP contribution in [0, 0.1) is 0 Å². The van der Waals surface area contributed by atoms with Gasteiger partial charge in [0.2, 0.25) is 0 Å². The number of piperazine rings is 1. The van der Waals surface area contributed by atoms with E-state index >= 15 is 0 Å². The smallest absolute Gasteiger partial charge is 0.387 e. The van der Waals surface area contributed by atoms with Crippen LogP contribution in [0.15, 0.2) is 24.3 Å². The number of hydrogen-bond acceptors (Lipinski definition) is 3. The molecular formula is C14H17F4N3O2. The van der Waals surface area contributed by atoms with Gasteiger partial charge in [-0.3, -0.25) is 4.90 Å². The zero-order valence-corrected chi connectivity index (χ0v) is 12.2. The van der Waals surface area contributed by atoms with E-state index in [0.29, 0.717) is 31.9 Å². The number of urea groups is 1. The maximum absolute atomic E-state index is 12.3. The van der Waals surface area contributed by atoms with Gasteiger partial charge in [0.15, 0.2) is 0 Å². The Bertz CT molecular complexity index is 505. The van der Waals surface area contributed by atoms with Gasteiger partial charge in [-0.1, -0.05) is 0 Å². The molecule has 1 aliphatic heterocycles. The highest BCUT2D eigenvalue weighted by Crippen LogP contribution is 2.18. The average molecular weight is 335 g/mol. The summed E-state index contributed by atoms with van der Waals surface area (Å²) in [6, 6.07) is 5.18. The number of benzene rings is 1. The van der Waals surface area contributed by atoms with Gasteiger partial charge < -0.3 is 15.0 Å². The lowest BCUT2D eigenvalue weighted by atomic mass is 10.3. The molecule has 128 valence electrons. The predicted molar refractivity (Wildman–Crippen MR) is 76.1 cm³/mol. The highest BCUT2D eigenvalue weighted by Gasteiger charge is 2.22. The van der Waals surface area contributed by atoms with Crippen LogP contribution >= 0.6 is 0 Å². The van der Waals surface area contributed by atoms with Gasteiger partial charge in [-0.2, -0.15) is 8.78 Å². The van der Waals surface area contributed by atoms with E-state index < -0.39 is 13.0 Å². The van der Waals surface area contributed by atoms with Gasteiger partial charge >= 0.3 is 12.6 Å². The van der Waals surface area contributed by atoms with Crippen molar-refractivity contribution in [3.05, 3.63) is 24.3 Å². The molecule has 0 atom stereocenters.